The van der Waals surface area contributed by atoms with E-state index in [1.54, 1.807) is 4.90 Å². The van der Waals surface area contributed by atoms with E-state index in [-0.39, 0.29) is 11.5 Å². The number of carbonyl (C=O) groups is 2. The van der Waals surface area contributed by atoms with Gasteiger partial charge in [-0.1, -0.05) is 17.7 Å². The van der Waals surface area contributed by atoms with E-state index in [1.165, 1.54) is 0 Å². The molecule has 124 valence electrons. The van der Waals surface area contributed by atoms with E-state index in [1.807, 2.05) is 31.2 Å². The van der Waals surface area contributed by atoms with Crippen molar-refractivity contribution in [2.24, 2.45) is 0 Å². The lowest BCUT2D eigenvalue weighted by molar-refractivity contribution is -0.118. The minimum atomic E-state index is -0.834. The highest BCUT2D eigenvalue weighted by Gasteiger charge is 2.33. The lowest BCUT2D eigenvalue weighted by Crippen LogP contribution is -2.41. The second-order valence-electron chi connectivity index (χ2n) is 5.80. The van der Waals surface area contributed by atoms with Gasteiger partial charge >= 0.3 is 0 Å². The molecule has 0 saturated carbocycles. The van der Waals surface area contributed by atoms with Gasteiger partial charge in [0, 0.05) is 23.9 Å². The summed E-state index contributed by atoms with van der Waals surface area (Å²) in [6.45, 7) is 2.43. The molecule has 4 nitrogen and oxygen atoms in total. The third-order valence-corrected chi connectivity index (χ3v) is 3.98. The van der Waals surface area contributed by atoms with Gasteiger partial charge in [0.1, 0.15) is 17.7 Å². The molecule has 2 aromatic rings. The standard InChI is InChI=1S/C18H16F2N2O2/c1-11-2-4-15(5-3-11)22-7-6-16(18(22)24)21-17(23)12-8-13(19)10-14(20)9-12/h2-5,8-10,16H,6-7H2,1H3,(H,21,23)/t16-/m0/s1. The molecule has 1 aliphatic heterocycles. The number of hydrogen-bond acceptors (Lipinski definition) is 2. The number of carbonyl (C=O) groups excluding carboxylic acids is 2. The maximum Gasteiger partial charge on any atom is 0.252 e. The SMILES string of the molecule is Cc1ccc(N2CC[C@H](NC(=O)c3cc(F)cc(F)c3)C2=O)cc1. The Morgan fingerprint density at radius 2 is 1.75 bits per heavy atom. The molecule has 2 aromatic carbocycles. The number of anilines is 1. The van der Waals surface area contributed by atoms with Gasteiger partial charge in [-0.3, -0.25) is 9.59 Å². The summed E-state index contributed by atoms with van der Waals surface area (Å²) >= 11 is 0. The zero-order valence-corrected chi connectivity index (χ0v) is 13.1. The fraction of sp³-hybridized carbons (Fsp3) is 0.222. The van der Waals surface area contributed by atoms with Crippen LogP contribution < -0.4 is 10.2 Å². The number of nitrogens with one attached hydrogen (secondary N) is 1. The first kappa shape index (κ1) is 16.1. The molecule has 1 aliphatic rings. The molecular formula is C18H16F2N2O2. The molecule has 24 heavy (non-hydrogen) atoms. The first-order chi connectivity index (χ1) is 11.4. The van der Waals surface area contributed by atoms with Crippen molar-refractivity contribution in [3.05, 3.63) is 65.2 Å². The molecule has 1 saturated heterocycles. The van der Waals surface area contributed by atoms with Gasteiger partial charge < -0.3 is 10.2 Å². The molecule has 0 aliphatic carbocycles. The van der Waals surface area contributed by atoms with Crippen LogP contribution in [0.15, 0.2) is 42.5 Å². The molecule has 0 bridgehead atoms. The summed E-state index contributed by atoms with van der Waals surface area (Å²) in [6, 6.07) is 9.37. The lowest BCUT2D eigenvalue weighted by Gasteiger charge is -2.17. The Labute approximate surface area is 138 Å². The third kappa shape index (κ3) is 3.27. The van der Waals surface area contributed by atoms with Gasteiger partial charge in [0.2, 0.25) is 5.91 Å². The summed E-state index contributed by atoms with van der Waals surface area (Å²) in [5.41, 5.74) is 1.71. The highest BCUT2D eigenvalue weighted by atomic mass is 19.1. The van der Waals surface area contributed by atoms with E-state index in [9.17, 15) is 18.4 Å². The maximum atomic E-state index is 13.2. The quantitative estimate of drug-likeness (QED) is 0.941. The van der Waals surface area contributed by atoms with Crippen LogP contribution in [0.25, 0.3) is 0 Å². The fourth-order valence-electron chi connectivity index (χ4n) is 2.72. The second kappa shape index (κ2) is 6.39. The monoisotopic (exact) mass is 330 g/mol. The first-order valence-corrected chi connectivity index (χ1v) is 7.59. The molecule has 3 rings (SSSR count). The topological polar surface area (TPSA) is 49.4 Å². The predicted octanol–water partition coefficient (Wildman–Crippen LogP) is 2.81. The van der Waals surface area contributed by atoms with Gasteiger partial charge in [-0.15, -0.1) is 0 Å². The lowest BCUT2D eigenvalue weighted by atomic mass is 10.1. The van der Waals surface area contributed by atoms with Crippen LogP contribution in [-0.2, 0) is 4.79 Å². The molecule has 0 aromatic heterocycles. The Kier molecular flexibility index (Phi) is 4.29. The van der Waals surface area contributed by atoms with Crippen LogP contribution in [-0.4, -0.2) is 24.4 Å². The second-order valence-corrected chi connectivity index (χ2v) is 5.80. The number of nitrogens with zero attached hydrogens (tertiary/aromatic N) is 1. The van der Waals surface area contributed by atoms with Gasteiger partial charge in [-0.05, 0) is 37.6 Å². The molecule has 1 atom stereocenters. The van der Waals surface area contributed by atoms with Crippen LogP contribution in [0.3, 0.4) is 0 Å². The van der Waals surface area contributed by atoms with Gasteiger partial charge in [0.05, 0.1) is 0 Å². The Morgan fingerprint density at radius 1 is 1.12 bits per heavy atom. The van der Waals surface area contributed by atoms with Crippen molar-refractivity contribution in [2.75, 3.05) is 11.4 Å². The number of hydrogen-bond donors (Lipinski definition) is 1. The van der Waals surface area contributed by atoms with Crippen LogP contribution >= 0.6 is 0 Å². The zero-order valence-electron chi connectivity index (χ0n) is 13.1. The molecule has 0 unspecified atom stereocenters. The predicted molar refractivity (Wildman–Crippen MR) is 85.8 cm³/mol. The molecular weight excluding hydrogens is 314 g/mol. The summed E-state index contributed by atoms with van der Waals surface area (Å²) in [5.74, 6) is -2.57. The molecule has 1 heterocycles. The highest BCUT2D eigenvalue weighted by Crippen LogP contribution is 2.22. The minimum absolute atomic E-state index is 0.144. The Bertz CT molecular complexity index is 770. The summed E-state index contributed by atoms with van der Waals surface area (Å²) in [5, 5.41) is 2.55. The molecule has 1 fully saturated rings. The van der Waals surface area contributed by atoms with Crippen molar-refractivity contribution in [1.29, 1.82) is 0 Å². The molecule has 6 heteroatoms. The number of benzene rings is 2. The smallest absolute Gasteiger partial charge is 0.252 e. The van der Waals surface area contributed by atoms with E-state index in [0.29, 0.717) is 19.0 Å². The van der Waals surface area contributed by atoms with Crippen LogP contribution in [0, 0.1) is 18.6 Å². The largest absolute Gasteiger partial charge is 0.340 e. The van der Waals surface area contributed by atoms with Crippen LogP contribution in [0.1, 0.15) is 22.3 Å². The van der Waals surface area contributed by atoms with Crippen LogP contribution in [0.2, 0.25) is 0 Å². The summed E-state index contributed by atoms with van der Waals surface area (Å²) in [7, 11) is 0. The van der Waals surface area contributed by atoms with Crippen LogP contribution in [0.5, 0.6) is 0 Å². The molecule has 0 spiro atoms. The van der Waals surface area contributed by atoms with E-state index < -0.39 is 23.6 Å². The number of aryl methyl sites for hydroxylation is 1. The Hall–Kier alpha value is -2.76. The normalized spacial score (nSPS) is 17.2. The summed E-state index contributed by atoms with van der Waals surface area (Å²) in [4.78, 5) is 26.2. The minimum Gasteiger partial charge on any atom is -0.340 e. The van der Waals surface area contributed by atoms with Gasteiger partial charge in [0.15, 0.2) is 0 Å². The van der Waals surface area contributed by atoms with Crippen molar-refractivity contribution in [1.82, 2.24) is 5.32 Å². The van der Waals surface area contributed by atoms with Crippen molar-refractivity contribution >= 4 is 17.5 Å². The van der Waals surface area contributed by atoms with E-state index in [0.717, 1.165) is 23.4 Å². The summed E-state index contributed by atoms with van der Waals surface area (Å²) < 4.78 is 26.4. The van der Waals surface area contributed by atoms with Gasteiger partial charge in [0.25, 0.3) is 5.91 Å². The summed E-state index contributed by atoms with van der Waals surface area (Å²) in [6.07, 6.45) is 0.441. The number of rotatable bonds is 3. The molecule has 2 amide bonds. The number of amides is 2. The maximum absolute atomic E-state index is 13.2. The molecule has 0 radical (unpaired) electrons. The average molecular weight is 330 g/mol. The van der Waals surface area contributed by atoms with E-state index >= 15 is 0 Å². The highest BCUT2D eigenvalue weighted by molar-refractivity contribution is 6.03. The van der Waals surface area contributed by atoms with Crippen molar-refractivity contribution in [2.45, 2.75) is 19.4 Å². The van der Waals surface area contributed by atoms with Crippen molar-refractivity contribution < 1.29 is 18.4 Å². The molecule has 1 N–H and O–H groups in total. The average Bonchev–Trinajstić information content (AvgIpc) is 2.88. The van der Waals surface area contributed by atoms with E-state index in [2.05, 4.69) is 5.32 Å². The van der Waals surface area contributed by atoms with Crippen molar-refractivity contribution in [3.8, 4) is 0 Å². The van der Waals surface area contributed by atoms with E-state index in [4.69, 9.17) is 0 Å². The van der Waals surface area contributed by atoms with Gasteiger partial charge in [-0.25, -0.2) is 8.78 Å². The third-order valence-electron chi connectivity index (χ3n) is 3.98. The fourth-order valence-corrected chi connectivity index (χ4v) is 2.72. The van der Waals surface area contributed by atoms with Crippen molar-refractivity contribution in [3.63, 3.8) is 0 Å². The Morgan fingerprint density at radius 3 is 2.38 bits per heavy atom. The van der Waals surface area contributed by atoms with Gasteiger partial charge in [-0.2, -0.15) is 0 Å². The van der Waals surface area contributed by atoms with Crippen LogP contribution in [0.4, 0.5) is 14.5 Å². The Balaban J connectivity index is 1.71. The first-order valence-electron chi connectivity index (χ1n) is 7.59. The number of halogens is 2. The zero-order chi connectivity index (χ0) is 17.3.